The second kappa shape index (κ2) is 7.70. The van der Waals surface area contributed by atoms with Crippen LogP contribution in [0.15, 0.2) is 36.4 Å². The highest BCUT2D eigenvalue weighted by Gasteiger charge is 2.33. The molecule has 0 aliphatic carbocycles. The summed E-state index contributed by atoms with van der Waals surface area (Å²) in [6.07, 6.45) is 0.613. The lowest BCUT2D eigenvalue weighted by Gasteiger charge is -2.20. The Kier molecular flexibility index (Phi) is 5.46. The summed E-state index contributed by atoms with van der Waals surface area (Å²) in [5.74, 6) is -3.95. The largest absolute Gasteiger partial charge is 0.505 e. The van der Waals surface area contributed by atoms with Crippen molar-refractivity contribution in [1.82, 2.24) is 4.57 Å². The molecule has 2 atom stereocenters. The average Bonchev–Trinajstić information content (AvgIpc) is 2.93. The first-order valence-electron chi connectivity index (χ1n) is 9.54. The number of phenols is 1. The lowest BCUT2D eigenvalue weighted by Crippen LogP contribution is -2.21. The number of rotatable bonds is 5. The number of carboxylic acid groups (broad SMARTS) is 1. The number of hydrogen-bond acceptors (Lipinski definition) is 3. The van der Waals surface area contributed by atoms with Gasteiger partial charge in [0.25, 0.3) is 5.91 Å². The Hall–Kier alpha value is -3.15. The van der Waals surface area contributed by atoms with Crippen LogP contribution >= 0.6 is 0 Å². The Morgan fingerprint density at radius 1 is 1.14 bits per heavy atom. The molecule has 6 heteroatoms. The number of carboxylic acids is 1. The number of carbonyl (C=O) groups is 2. The molecule has 0 spiro atoms. The quantitative estimate of drug-likeness (QED) is 0.635. The minimum atomic E-state index is -1.02. The maximum Gasteiger partial charge on any atom is 0.311 e. The SMILES string of the molecule is CC[C@H](C)C(C(=O)O)c1c(C)n(C(=O)c2ccc(C)cc2)c2cc(F)c(O)cc12. The van der Waals surface area contributed by atoms with E-state index in [4.69, 9.17) is 0 Å². The van der Waals surface area contributed by atoms with Gasteiger partial charge in [0.05, 0.1) is 11.4 Å². The smallest absolute Gasteiger partial charge is 0.311 e. The fourth-order valence-corrected chi connectivity index (χ4v) is 3.81. The van der Waals surface area contributed by atoms with E-state index in [9.17, 15) is 24.2 Å². The Labute approximate surface area is 168 Å². The summed E-state index contributed by atoms with van der Waals surface area (Å²) in [7, 11) is 0. The van der Waals surface area contributed by atoms with Gasteiger partial charge in [-0.1, -0.05) is 38.0 Å². The van der Waals surface area contributed by atoms with E-state index in [0.29, 0.717) is 28.6 Å². The molecule has 2 N–H and O–H groups in total. The van der Waals surface area contributed by atoms with E-state index in [1.165, 1.54) is 10.6 Å². The molecule has 3 rings (SSSR count). The molecule has 0 amide bonds. The van der Waals surface area contributed by atoms with Gasteiger partial charge in [-0.15, -0.1) is 0 Å². The molecule has 152 valence electrons. The van der Waals surface area contributed by atoms with Gasteiger partial charge >= 0.3 is 5.97 Å². The number of halogens is 1. The number of aromatic hydroxyl groups is 1. The van der Waals surface area contributed by atoms with Crippen LogP contribution in [-0.2, 0) is 4.79 Å². The van der Waals surface area contributed by atoms with Gasteiger partial charge in [0.15, 0.2) is 11.6 Å². The van der Waals surface area contributed by atoms with Gasteiger partial charge in [-0.25, -0.2) is 4.39 Å². The lowest BCUT2D eigenvalue weighted by atomic mass is 9.84. The molecule has 0 aliphatic heterocycles. The molecule has 0 fully saturated rings. The van der Waals surface area contributed by atoms with Crippen LogP contribution in [0.1, 0.15) is 53.4 Å². The van der Waals surface area contributed by atoms with Crippen molar-refractivity contribution in [2.75, 3.05) is 0 Å². The summed E-state index contributed by atoms with van der Waals surface area (Å²) >= 11 is 0. The van der Waals surface area contributed by atoms with Gasteiger partial charge < -0.3 is 10.2 Å². The van der Waals surface area contributed by atoms with E-state index in [1.54, 1.807) is 31.2 Å². The topological polar surface area (TPSA) is 79.5 Å². The highest BCUT2D eigenvalue weighted by atomic mass is 19.1. The van der Waals surface area contributed by atoms with Crippen LogP contribution < -0.4 is 0 Å². The zero-order valence-electron chi connectivity index (χ0n) is 16.9. The van der Waals surface area contributed by atoms with Gasteiger partial charge in [0.1, 0.15) is 0 Å². The fraction of sp³-hybridized carbons (Fsp3) is 0.304. The van der Waals surface area contributed by atoms with Crippen molar-refractivity contribution < 1.29 is 24.2 Å². The van der Waals surface area contributed by atoms with E-state index in [-0.39, 0.29) is 17.3 Å². The number of carbonyl (C=O) groups excluding carboxylic acids is 1. The first kappa shape index (κ1) is 20.6. The Morgan fingerprint density at radius 2 is 1.76 bits per heavy atom. The molecule has 3 aromatic rings. The zero-order valence-corrected chi connectivity index (χ0v) is 16.9. The van der Waals surface area contributed by atoms with E-state index in [2.05, 4.69) is 0 Å². The van der Waals surface area contributed by atoms with Crippen molar-refractivity contribution in [2.45, 2.75) is 40.0 Å². The van der Waals surface area contributed by atoms with E-state index in [1.807, 2.05) is 20.8 Å². The van der Waals surface area contributed by atoms with Crippen molar-refractivity contribution in [1.29, 1.82) is 0 Å². The fourth-order valence-electron chi connectivity index (χ4n) is 3.81. The highest BCUT2D eigenvalue weighted by Crippen LogP contribution is 2.39. The Morgan fingerprint density at radius 3 is 2.31 bits per heavy atom. The number of hydrogen-bond donors (Lipinski definition) is 2. The van der Waals surface area contributed by atoms with Gasteiger partial charge in [0, 0.05) is 22.7 Å². The highest BCUT2D eigenvalue weighted by molar-refractivity contribution is 6.05. The van der Waals surface area contributed by atoms with Crippen LogP contribution in [-0.4, -0.2) is 26.7 Å². The third-order valence-corrected chi connectivity index (χ3v) is 5.61. The Bertz CT molecular complexity index is 1100. The van der Waals surface area contributed by atoms with Gasteiger partial charge in [0.2, 0.25) is 0 Å². The third kappa shape index (κ3) is 3.50. The first-order valence-corrected chi connectivity index (χ1v) is 9.54. The summed E-state index contributed by atoms with van der Waals surface area (Å²) in [4.78, 5) is 25.4. The maximum absolute atomic E-state index is 14.2. The Balaban J connectivity index is 2.35. The molecule has 29 heavy (non-hydrogen) atoms. The first-order chi connectivity index (χ1) is 13.7. The summed E-state index contributed by atoms with van der Waals surface area (Å²) < 4.78 is 15.5. The lowest BCUT2D eigenvalue weighted by molar-refractivity contribution is -0.140. The average molecular weight is 397 g/mol. The third-order valence-electron chi connectivity index (χ3n) is 5.61. The normalized spacial score (nSPS) is 13.4. The molecule has 0 saturated carbocycles. The molecule has 1 unspecified atom stereocenters. The number of aryl methyl sites for hydroxylation is 1. The molecule has 0 saturated heterocycles. The molecular weight excluding hydrogens is 373 g/mol. The van der Waals surface area contributed by atoms with Crippen molar-refractivity contribution in [3.8, 4) is 5.75 Å². The maximum atomic E-state index is 14.2. The standard InChI is InChI=1S/C23H24FNO4/c1-5-13(3)20(23(28)29)21-14(4)25(18-11-17(24)19(26)10-16(18)21)22(27)15-8-6-12(2)7-9-15/h6-11,13,20,26H,5H2,1-4H3,(H,28,29)/t13-,20?/m0/s1. The number of benzene rings is 2. The van der Waals surface area contributed by atoms with Crippen molar-refractivity contribution in [2.24, 2.45) is 5.92 Å². The summed E-state index contributed by atoms with van der Waals surface area (Å²) in [6, 6.07) is 9.28. The van der Waals surface area contributed by atoms with Gasteiger partial charge in [-0.3, -0.25) is 14.2 Å². The van der Waals surface area contributed by atoms with Crippen LogP contribution in [0.4, 0.5) is 4.39 Å². The van der Waals surface area contributed by atoms with Gasteiger partial charge in [-0.05, 0) is 43.5 Å². The number of phenolic OH excluding ortho intramolecular Hbond substituents is 1. The van der Waals surface area contributed by atoms with Crippen LogP contribution in [0.2, 0.25) is 0 Å². The molecule has 5 nitrogen and oxygen atoms in total. The monoisotopic (exact) mass is 397 g/mol. The van der Waals surface area contributed by atoms with Crippen molar-refractivity contribution in [3.63, 3.8) is 0 Å². The predicted molar refractivity (Wildman–Crippen MR) is 109 cm³/mol. The summed E-state index contributed by atoms with van der Waals surface area (Å²) in [5, 5.41) is 20.2. The second-order valence-corrected chi connectivity index (χ2v) is 7.53. The van der Waals surface area contributed by atoms with Crippen molar-refractivity contribution in [3.05, 3.63) is 64.6 Å². The second-order valence-electron chi connectivity index (χ2n) is 7.53. The van der Waals surface area contributed by atoms with Crippen LogP contribution in [0, 0.1) is 25.6 Å². The van der Waals surface area contributed by atoms with Crippen LogP contribution in [0.5, 0.6) is 5.75 Å². The van der Waals surface area contributed by atoms with Gasteiger partial charge in [-0.2, -0.15) is 0 Å². The molecule has 2 aromatic carbocycles. The van der Waals surface area contributed by atoms with Crippen molar-refractivity contribution >= 4 is 22.8 Å². The molecule has 0 radical (unpaired) electrons. The van der Waals surface area contributed by atoms with Crippen LogP contribution in [0.25, 0.3) is 10.9 Å². The van der Waals surface area contributed by atoms with Crippen LogP contribution in [0.3, 0.4) is 0 Å². The van der Waals surface area contributed by atoms with E-state index >= 15 is 0 Å². The number of aromatic nitrogens is 1. The molecule has 1 aromatic heterocycles. The molecular formula is C23H24FNO4. The minimum Gasteiger partial charge on any atom is -0.505 e. The minimum absolute atomic E-state index is 0.216. The number of fused-ring (bicyclic) bond motifs is 1. The zero-order chi connectivity index (χ0) is 21.5. The van der Waals surface area contributed by atoms with E-state index in [0.717, 1.165) is 11.6 Å². The summed E-state index contributed by atoms with van der Waals surface area (Å²) in [6.45, 7) is 7.29. The molecule has 0 bridgehead atoms. The summed E-state index contributed by atoms with van der Waals surface area (Å²) in [5.41, 5.74) is 2.51. The number of aliphatic carboxylic acids is 1. The molecule has 0 aliphatic rings. The number of nitrogens with zero attached hydrogens (tertiary/aromatic N) is 1. The van der Waals surface area contributed by atoms with E-state index < -0.39 is 23.5 Å². The molecule has 1 heterocycles. The predicted octanol–water partition coefficient (Wildman–Crippen LogP) is 5.01.